The van der Waals surface area contributed by atoms with Crippen LogP contribution in [0.2, 0.25) is 0 Å². The van der Waals surface area contributed by atoms with Crippen molar-refractivity contribution in [2.45, 2.75) is 31.6 Å². The molecule has 0 bridgehead atoms. The summed E-state index contributed by atoms with van der Waals surface area (Å²) in [4.78, 5) is 48.1. The van der Waals surface area contributed by atoms with Gasteiger partial charge in [0.2, 0.25) is 0 Å². The van der Waals surface area contributed by atoms with E-state index < -0.39 is 59.7 Å². The fraction of sp³-hybridized carbons (Fsp3) is 0.615. The third-order valence-corrected chi connectivity index (χ3v) is 9.11. The smallest absolute Gasteiger partial charge is 0.390 e. The van der Waals surface area contributed by atoms with Crippen molar-refractivity contribution < 1.29 is 56.6 Å². The Labute approximate surface area is 185 Å². The number of nitrogens with zero attached hydrogens (tertiary/aromatic N) is 4. The summed E-state index contributed by atoms with van der Waals surface area (Å²) >= 11 is 0. The van der Waals surface area contributed by atoms with Gasteiger partial charge in [-0.05, 0) is 12.8 Å². The number of nitrogen functional groups attached to an aromatic ring is 1. The predicted octanol–water partition coefficient (Wildman–Crippen LogP) is -0.329. The molecule has 1 aliphatic carbocycles. The summed E-state index contributed by atoms with van der Waals surface area (Å²) in [6, 6.07) is -0.874. The summed E-state index contributed by atoms with van der Waals surface area (Å²) in [6.07, 6.45) is 0.998. The third kappa shape index (κ3) is 5.51. The molecule has 17 nitrogen and oxygen atoms in total. The SMILES string of the molecule is C[C@H]1[C@H](COP(=O)(O)OP(=O)(O)OP(=O)(O)O)[C@@H](O)[C@@](C)(O)[C@@H]1n1cnc2c(N)ncnc21. The van der Waals surface area contributed by atoms with Gasteiger partial charge in [0.15, 0.2) is 11.5 Å². The number of fused-ring (bicyclic) bond motifs is 1. The van der Waals surface area contributed by atoms with Crippen LogP contribution >= 0.6 is 23.5 Å². The van der Waals surface area contributed by atoms with Crippen molar-refractivity contribution in [2.24, 2.45) is 11.8 Å². The van der Waals surface area contributed by atoms with Crippen LogP contribution in [0.5, 0.6) is 0 Å². The Morgan fingerprint density at radius 3 is 2.36 bits per heavy atom. The van der Waals surface area contributed by atoms with Crippen molar-refractivity contribution in [3.63, 3.8) is 0 Å². The summed E-state index contributed by atoms with van der Waals surface area (Å²) in [7, 11) is -16.6. The Morgan fingerprint density at radius 1 is 1.12 bits per heavy atom. The van der Waals surface area contributed by atoms with Gasteiger partial charge in [-0.3, -0.25) is 4.52 Å². The molecule has 2 aromatic heterocycles. The minimum atomic E-state index is -5.69. The molecule has 2 unspecified atom stereocenters. The van der Waals surface area contributed by atoms with Gasteiger partial charge in [0.05, 0.1) is 25.1 Å². The van der Waals surface area contributed by atoms with Crippen molar-refractivity contribution in [1.82, 2.24) is 19.5 Å². The van der Waals surface area contributed by atoms with Crippen LogP contribution in [0, 0.1) is 11.8 Å². The molecule has 0 aliphatic heterocycles. The number of hydrogen-bond donors (Lipinski definition) is 7. The summed E-state index contributed by atoms with van der Waals surface area (Å²) in [5.41, 5.74) is 4.47. The fourth-order valence-electron chi connectivity index (χ4n) is 4.00. The van der Waals surface area contributed by atoms with Gasteiger partial charge in [0, 0.05) is 5.92 Å². The number of phosphoric acid groups is 3. The zero-order valence-electron chi connectivity index (χ0n) is 17.0. The van der Waals surface area contributed by atoms with Crippen LogP contribution in [0.4, 0.5) is 5.82 Å². The van der Waals surface area contributed by atoms with Gasteiger partial charge in [-0.15, -0.1) is 0 Å². The van der Waals surface area contributed by atoms with E-state index in [1.165, 1.54) is 24.1 Å². The van der Waals surface area contributed by atoms with E-state index in [-0.39, 0.29) is 17.0 Å². The minimum Gasteiger partial charge on any atom is -0.390 e. The maximum Gasteiger partial charge on any atom is 0.490 e. The van der Waals surface area contributed by atoms with Crippen LogP contribution < -0.4 is 5.73 Å². The minimum absolute atomic E-state index is 0.0915. The van der Waals surface area contributed by atoms with Crippen molar-refractivity contribution in [2.75, 3.05) is 12.3 Å². The highest BCUT2D eigenvalue weighted by Crippen LogP contribution is 2.66. The highest BCUT2D eigenvalue weighted by Gasteiger charge is 2.57. The number of rotatable bonds is 8. The van der Waals surface area contributed by atoms with Crippen LogP contribution in [0.15, 0.2) is 12.7 Å². The Hall–Kier alpha value is -1.32. The Balaban J connectivity index is 1.81. The van der Waals surface area contributed by atoms with E-state index in [9.17, 15) is 33.7 Å². The fourth-order valence-corrected chi connectivity index (χ4v) is 7.05. The quantitative estimate of drug-likeness (QED) is 0.214. The van der Waals surface area contributed by atoms with Gasteiger partial charge in [-0.2, -0.15) is 8.62 Å². The van der Waals surface area contributed by atoms with Crippen LogP contribution in [0.1, 0.15) is 19.9 Å². The lowest BCUT2D eigenvalue weighted by Crippen LogP contribution is -2.43. The number of aromatic nitrogens is 4. The van der Waals surface area contributed by atoms with Gasteiger partial charge in [-0.25, -0.2) is 28.6 Å². The van der Waals surface area contributed by atoms with Crippen LogP contribution in [-0.2, 0) is 26.8 Å². The molecule has 0 radical (unpaired) electrons. The van der Waals surface area contributed by atoms with Crippen LogP contribution in [0.3, 0.4) is 0 Å². The molecule has 20 heteroatoms. The normalized spacial score (nSPS) is 32.0. The first kappa shape index (κ1) is 26.3. The van der Waals surface area contributed by atoms with Crippen molar-refractivity contribution in [3.05, 3.63) is 12.7 Å². The first-order valence-electron chi connectivity index (χ1n) is 9.07. The second-order valence-electron chi connectivity index (χ2n) is 7.61. The zero-order chi connectivity index (χ0) is 25.0. The van der Waals surface area contributed by atoms with Crippen molar-refractivity contribution >= 4 is 40.4 Å². The van der Waals surface area contributed by atoms with Crippen molar-refractivity contribution in [3.8, 4) is 0 Å². The highest BCUT2D eigenvalue weighted by molar-refractivity contribution is 7.66. The molecule has 7 atom stereocenters. The zero-order valence-corrected chi connectivity index (χ0v) is 19.7. The molecule has 0 saturated heterocycles. The number of anilines is 1. The predicted molar refractivity (Wildman–Crippen MR) is 108 cm³/mol. The molecule has 1 fully saturated rings. The van der Waals surface area contributed by atoms with E-state index in [4.69, 9.17) is 15.5 Å². The molecule has 33 heavy (non-hydrogen) atoms. The molecule has 3 rings (SSSR count). The van der Waals surface area contributed by atoms with Gasteiger partial charge >= 0.3 is 23.5 Å². The average molecular weight is 533 g/mol. The van der Waals surface area contributed by atoms with Gasteiger partial charge in [0.25, 0.3) is 0 Å². The van der Waals surface area contributed by atoms with Gasteiger partial charge in [0.1, 0.15) is 17.4 Å². The Bertz CT molecular complexity index is 1180. The lowest BCUT2D eigenvalue weighted by Gasteiger charge is -2.31. The highest BCUT2D eigenvalue weighted by atomic mass is 31.3. The monoisotopic (exact) mass is 533 g/mol. The first-order valence-corrected chi connectivity index (χ1v) is 13.6. The topological polar surface area (TPSA) is 270 Å². The third-order valence-electron chi connectivity index (χ3n) is 5.31. The number of nitrogens with two attached hydrogens (primary N) is 1. The van der Waals surface area contributed by atoms with Crippen molar-refractivity contribution in [1.29, 1.82) is 0 Å². The molecule has 1 saturated carbocycles. The molecular weight excluding hydrogens is 511 g/mol. The second-order valence-corrected chi connectivity index (χ2v) is 12.0. The van der Waals surface area contributed by atoms with E-state index in [0.717, 1.165) is 0 Å². The van der Waals surface area contributed by atoms with Gasteiger partial charge < -0.3 is 40.1 Å². The van der Waals surface area contributed by atoms with E-state index in [1.54, 1.807) is 6.92 Å². The first-order chi connectivity index (χ1) is 15.0. The molecule has 186 valence electrons. The molecule has 2 aromatic rings. The number of hydrogen-bond acceptors (Lipinski definition) is 12. The summed E-state index contributed by atoms with van der Waals surface area (Å²) in [6.45, 7) is 2.15. The Morgan fingerprint density at radius 2 is 1.76 bits per heavy atom. The van der Waals surface area contributed by atoms with Crippen LogP contribution in [-0.4, -0.2) is 67.6 Å². The lowest BCUT2D eigenvalue weighted by atomic mass is 9.94. The molecule has 2 heterocycles. The van der Waals surface area contributed by atoms with E-state index in [2.05, 4.69) is 28.1 Å². The molecular formula is C13H22N5O12P3. The number of phosphoric ester groups is 1. The van der Waals surface area contributed by atoms with E-state index >= 15 is 0 Å². The summed E-state index contributed by atoms with van der Waals surface area (Å²) in [5.74, 6) is -1.59. The Kier molecular flexibility index (Phi) is 6.94. The molecule has 8 N–H and O–H groups in total. The number of aliphatic hydroxyl groups excluding tert-OH is 1. The molecule has 0 amide bonds. The lowest BCUT2D eigenvalue weighted by molar-refractivity contribution is -0.0774. The standard InChI is InChI=1S/C13H22N5O12P3/c1-6-7(3-28-32(24,25)30-33(26,27)29-31(21,22)23)10(19)13(2,20)9(6)18-5-17-8-11(14)15-4-16-12(8)18/h4-7,9-10,19-20H,3H2,1-2H3,(H,24,25)(H,26,27)(H2,14,15,16)(H2,21,22,23)/t6-,7-,9+,10+,13-/m0/s1. The van der Waals surface area contributed by atoms with E-state index in [0.29, 0.717) is 0 Å². The number of imidazole rings is 1. The van der Waals surface area contributed by atoms with Gasteiger partial charge in [-0.1, -0.05) is 6.92 Å². The number of aliphatic hydroxyl groups is 2. The maximum absolute atomic E-state index is 12.0. The van der Waals surface area contributed by atoms with Crippen LogP contribution in [0.25, 0.3) is 11.2 Å². The maximum atomic E-state index is 12.0. The molecule has 1 aliphatic rings. The molecule has 0 spiro atoms. The average Bonchev–Trinajstić information content (AvgIpc) is 3.09. The summed E-state index contributed by atoms with van der Waals surface area (Å²) in [5, 5.41) is 21.7. The molecule has 0 aromatic carbocycles. The summed E-state index contributed by atoms with van der Waals surface area (Å²) < 4.78 is 47.6. The second kappa shape index (κ2) is 8.72. The largest absolute Gasteiger partial charge is 0.490 e. The van der Waals surface area contributed by atoms with E-state index in [1.807, 2.05) is 0 Å².